The summed E-state index contributed by atoms with van der Waals surface area (Å²) in [7, 11) is -31.4. The van der Waals surface area contributed by atoms with Gasteiger partial charge in [0.1, 0.15) is 0 Å². The Bertz CT molecular complexity index is 1390. The lowest BCUT2D eigenvalue weighted by Crippen LogP contribution is -2.88. The monoisotopic (exact) mass is 998 g/mol. The third-order valence-corrected chi connectivity index (χ3v) is 50.4. The van der Waals surface area contributed by atoms with Crippen LogP contribution in [0, 0.1) is 41.4 Å². The number of rotatable bonds is 17. The van der Waals surface area contributed by atoms with E-state index in [-0.39, 0.29) is 41.4 Å². The molecule has 57 heavy (non-hydrogen) atoms. The second-order valence-electron chi connectivity index (χ2n) is 20.0. The number of hydrogen-bond donors (Lipinski definition) is 0. The highest BCUT2D eigenvalue weighted by molar-refractivity contribution is 9.10. The Kier molecular flexibility index (Phi) is 14.6. The Morgan fingerprint density at radius 1 is 0.333 bits per heavy atom. The van der Waals surface area contributed by atoms with Crippen LogP contribution in [0.3, 0.4) is 0 Å². The summed E-state index contributed by atoms with van der Waals surface area (Å²) in [4.78, 5) is 0. The Balaban J connectivity index is 1.73. The van der Waals surface area contributed by atoms with Gasteiger partial charge in [-0.15, -0.1) is 0 Å². The topological polar surface area (TPSA) is 111 Å². The van der Waals surface area contributed by atoms with E-state index >= 15 is 0 Å². The molecule has 21 heteroatoms. The quantitative estimate of drug-likeness (QED) is 0.139. The van der Waals surface area contributed by atoms with Crippen molar-refractivity contribution in [3.05, 3.63) is 34.3 Å². The first-order chi connectivity index (χ1) is 26.4. The summed E-state index contributed by atoms with van der Waals surface area (Å²) in [5.41, 5.74) is 1.13. The maximum Gasteiger partial charge on any atom is 0.479 e. The van der Waals surface area contributed by atoms with Gasteiger partial charge in [-0.05, 0) is 65.5 Å². The lowest BCUT2D eigenvalue weighted by atomic mass is 10.2. The third kappa shape index (κ3) is 11.2. The first-order valence-corrected chi connectivity index (χ1v) is 37.8. The van der Waals surface area contributed by atoms with E-state index in [9.17, 15) is 0 Å². The smallest absolute Gasteiger partial charge is 0.373 e. The first kappa shape index (κ1) is 47.4. The predicted octanol–water partition coefficient (Wildman–Crippen LogP) is 10.4. The lowest BCUT2D eigenvalue weighted by molar-refractivity contribution is -0.0340. The molecule has 0 amide bonds. The van der Waals surface area contributed by atoms with Crippen molar-refractivity contribution in [2.45, 2.75) is 152 Å². The minimum atomic E-state index is -4.00. The van der Waals surface area contributed by atoms with Gasteiger partial charge in [-0.1, -0.05) is 125 Å². The summed E-state index contributed by atoms with van der Waals surface area (Å²) in [5.74, 6) is 0.871. The molecule has 6 fully saturated rings. The van der Waals surface area contributed by atoms with Gasteiger partial charge in [-0.3, -0.25) is 0 Å². The summed E-state index contributed by atoms with van der Waals surface area (Å²) in [6.45, 7) is 30.5. The second kappa shape index (κ2) is 17.5. The standard InChI is InChI=1S/C36H71BrO12Si8/c1-28(2)21-51-38-50(20-19-35-15-17-36(37)18-16-35)39-52(22-29(3)4)43-54(41-51,24-31(7)8)47-57(27-34(13)14)48-55(42-51,25-32(9)10)44-53(40-50,23-30(5)6)46-56(45-52,49-57)26-33(11)12/h15-18,28-34H,19-27H2,1-14H3. The maximum absolute atomic E-state index is 7.87. The SMILES string of the molecule is CC(C)C[Si]12O[Si]3(CCc4ccc(Br)cc4)O[Si]4(CC(C)C)O[Si](CC(C)C)(O1)O[Si]1(CC(C)C)O[Si](CC(C)C)(O2)O[Si](CC(C)C)(O3)O[Si](CC(C)C)(O4)O1. The molecule has 12 nitrogen and oxygen atoms in total. The van der Waals surface area contributed by atoms with Crippen LogP contribution in [-0.4, -0.2) is 70.4 Å². The predicted molar refractivity (Wildman–Crippen MR) is 239 cm³/mol. The van der Waals surface area contributed by atoms with Crippen molar-refractivity contribution in [3.63, 3.8) is 0 Å². The lowest BCUT2D eigenvalue weighted by Gasteiger charge is -2.64. The molecule has 0 saturated carbocycles. The van der Waals surface area contributed by atoms with Gasteiger partial charge < -0.3 is 49.4 Å². The van der Waals surface area contributed by atoms with E-state index in [1.807, 2.05) is 0 Å². The minimum Gasteiger partial charge on any atom is -0.373 e. The van der Waals surface area contributed by atoms with Crippen LogP contribution in [0.5, 0.6) is 0 Å². The van der Waals surface area contributed by atoms with Crippen LogP contribution in [0.1, 0.15) is 102 Å². The van der Waals surface area contributed by atoms with E-state index in [4.69, 9.17) is 49.4 Å². The number of hydrogen-bond acceptors (Lipinski definition) is 12. The van der Waals surface area contributed by atoms with Crippen molar-refractivity contribution in [1.82, 2.24) is 0 Å². The number of halogens is 1. The van der Waals surface area contributed by atoms with Crippen LogP contribution in [0.2, 0.25) is 48.4 Å². The minimum absolute atomic E-state index is 0.119. The highest BCUT2D eigenvalue weighted by Crippen LogP contribution is 2.56. The highest BCUT2D eigenvalue weighted by atomic mass is 79.9. The molecule has 0 N–H and O–H groups in total. The van der Waals surface area contributed by atoms with Gasteiger partial charge in [0.2, 0.25) is 0 Å². The van der Waals surface area contributed by atoms with Crippen molar-refractivity contribution < 1.29 is 49.4 Å². The highest BCUT2D eigenvalue weighted by Gasteiger charge is 2.83. The van der Waals surface area contributed by atoms with Gasteiger partial charge in [0, 0.05) is 52.8 Å². The van der Waals surface area contributed by atoms with Gasteiger partial charge in [0.05, 0.1) is 0 Å². The normalized spacial score (nSPS) is 39.2. The fraction of sp³-hybridized carbons (Fsp3) is 0.833. The summed E-state index contributed by atoms with van der Waals surface area (Å²) < 4.78 is 95.0. The molecule has 6 aliphatic rings. The molecule has 0 unspecified atom stereocenters. The van der Waals surface area contributed by atoms with E-state index in [0.29, 0.717) is 54.8 Å². The van der Waals surface area contributed by atoms with Crippen LogP contribution in [0.15, 0.2) is 28.7 Å². The van der Waals surface area contributed by atoms with Crippen LogP contribution in [-0.2, 0) is 55.8 Å². The summed E-state index contributed by atoms with van der Waals surface area (Å²) >= 11 is 3.62. The molecule has 6 heterocycles. The van der Waals surface area contributed by atoms with Gasteiger partial charge in [0.15, 0.2) is 0 Å². The van der Waals surface area contributed by atoms with E-state index in [2.05, 4.69) is 137 Å². The maximum atomic E-state index is 7.87. The summed E-state index contributed by atoms with van der Waals surface area (Å²) in [5, 5.41) is 0. The van der Waals surface area contributed by atoms with E-state index in [0.717, 1.165) is 10.0 Å². The Morgan fingerprint density at radius 2 is 0.526 bits per heavy atom. The van der Waals surface area contributed by atoms with E-state index < -0.39 is 70.4 Å². The van der Waals surface area contributed by atoms with Crippen molar-refractivity contribution in [2.24, 2.45) is 41.4 Å². The summed E-state index contributed by atoms with van der Waals surface area (Å²) in [6.07, 6.45) is 0.621. The average molecular weight is 1000 g/mol. The molecule has 0 spiro atoms. The van der Waals surface area contributed by atoms with E-state index in [1.165, 1.54) is 0 Å². The Morgan fingerprint density at radius 3 is 0.719 bits per heavy atom. The fourth-order valence-electron chi connectivity index (χ4n) is 8.82. The zero-order chi connectivity index (χ0) is 41.9. The third-order valence-electron chi connectivity index (χ3n) is 9.97. The van der Waals surface area contributed by atoms with Crippen LogP contribution in [0.25, 0.3) is 0 Å². The van der Waals surface area contributed by atoms with Gasteiger partial charge >= 0.3 is 70.4 Å². The molecule has 6 saturated heterocycles. The average Bonchev–Trinajstić information content (AvgIpc) is 2.94. The van der Waals surface area contributed by atoms with Crippen LogP contribution >= 0.6 is 15.9 Å². The Labute approximate surface area is 361 Å². The van der Waals surface area contributed by atoms with Crippen molar-refractivity contribution in [3.8, 4) is 0 Å². The zero-order valence-corrected chi connectivity index (χ0v) is 46.6. The molecule has 0 atom stereocenters. The molecule has 7 rings (SSSR count). The summed E-state index contributed by atoms with van der Waals surface area (Å²) in [6, 6.07) is 12.2. The molecule has 8 bridgehead atoms. The second-order valence-corrected chi connectivity index (χ2v) is 45.0. The van der Waals surface area contributed by atoms with Crippen molar-refractivity contribution >= 4 is 86.4 Å². The Hall–Kier alpha value is 0.955. The molecule has 0 aliphatic carbocycles. The van der Waals surface area contributed by atoms with E-state index in [1.54, 1.807) is 0 Å². The fourth-order valence-corrected chi connectivity index (χ4v) is 60.6. The van der Waals surface area contributed by atoms with Crippen molar-refractivity contribution in [2.75, 3.05) is 0 Å². The largest absolute Gasteiger partial charge is 0.479 e. The molecule has 1 aromatic rings. The first-order valence-electron chi connectivity index (χ1n) is 21.5. The number of aryl methyl sites for hydroxylation is 1. The zero-order valence-electron chi connectivity index (χ0n) is 37.0. The van der Waals surface area contributed by atoms with Crippen LogP contribution < -0.4 is 0 Å². The van der Waals surface area contributed by atoms with Crippen LogP contribution in [0.4, 0.5) is 0 Å². The molecule has 326 valence electrons. The molecular weight excluding hydrogens is 929 g/mol. The van der Waals surface area contributed by atoms with Crippen molar-refractivity contribution in [1.29, 1.82) is 0 Å². The van der Waals surface area contributed by atoms with Gasteiger partial charge in [0.25, 0.3) is 0 Å². The number of benzene rings is 1. The molecular formula is C36H71BrO12Si8. The molecule has 0 radical (unpaired) electrons. The molecule has 1 aromatic carbocycles. The van der Waals surface area contributed by atoms with Gasteiger partial charge in [-0.25, -0.2) is 0 Å². The molecule has 6 aliphatic heterocycles. The van der Waals surface area contributed by atoms with Gasteiger partial charge in [-0.2, -0.15) is 0 Å². The molecule has 0 aromatic heterocycles.